The van der Waals surface area contributed by atoms with Crippen LogP contribution in [0.2, 0.25) is 0 Å². The van der Waals surface area contributed by atoms with Crippen molar-refractivity contribution in [1.82, 2.24) is 0 Å². The van der Waals surface area contributed by atoms with E-state index < -0.39 is 7.26 Å². The molecule has 0 spiro atoms. The van der Waals surface area contributed by atoms with Gasteiger partial charge in [0.25, 0.3) is 0 Å². The van der Waals surface area contributed by atoms with Crippen LogP contribution < -0.4 is 21.2 Å². The summed E-state index contributed by atoms with van der Waals surface area (Å²) in [6, 6.07) is 42.3. The van der Waals surface area contributed by atoms with Gasteiger partial charge in [0.15, 0.2) is 0 Å². The normalized spacial score (nSPS) is 12.0. The second-order valence-corrected chi connectivity index (χ2v) is 11.8. The molecule has 0 fully saturated rings. The molecule has 0 amide bonds. The van der Waals surface area contributed by atoms with Gasteiger partial charge in [-0.3, -0.25) is 0 Å². The molecule has 0 bridgehead atoms. The van der Waals surface area contributed by atoms with Gasteiger partial charge in [-0.1, -0.05) is 93.6 Å². The smallest absolute Gasteiger partial charge is 0.0620 e. The Morgan fingerprint density at radius 2 is 0.793 bits per heavy atom. The van der Waals surface area contributed by atoms with E-state index in [1.807, 2.05) is 0 Å². The molecule has 4 rings (SSSR count). The van der Waals surface area contributed by atoms with E-state index in [0.717, 1.165) is 0 Å². The van der Waals surface area contributed by atoms with Gasteiger partial charge in [-0.15, -0.1) is 0 Å². The number of hydrogen-bond donors (Lipinski definition) is 0. The second kappa shape index (κ2) is 7.97. The highest BCUT2D eigenvalue weighted by atomic mass is 31.2. The molecule has 29 heavy (non-hydrogen) atoms. The number of hydrogen-bond acceptors (Lipinski definition) is 0. The lowest BCUT2D eigenvalue weighted by Crippen LogP contribution is -2.41. The zero-order valence-corrected chi connectivity index (χ0v) is 18.3. The van der Waals surface area contributed by atoms with Crippen molar-refractivity contribution in [2.75, 3.05) is 0 Å². The van der Waals surface area contributed by atoms with Gasteiger partial charge in [-0.25, -0.2) is 0 Å². The molecule has 4 aromatic carbocycles. The largest absolute Gasteiger partial charge is 0.144 e. The molecule has 0 heterocycles. The third kappa shape index (κ3) is 3.54. The Kier molecular flexibility index (Phi) is 5.39. The molecule has 0 aliphatic rings. The fourth-order valence-corrected chi connectivity index (χ4v) is 8.89. The predicted molar refractivity (Wildman–Crippen MR) is 130 cm³/mol. The summed E-state index contributed by atoms with van der Waals surface area (Å²) in [5.41, 5.74) is 1.48. The first-order valence-corrected chi connectivity index (χ1v) is 12.0. The minimum Gasteiger partial charge on any atom is -0.0620 e. The van der Waals surface area contributed by atoms with Crippen molar-refractivity contribution in [1.29, 1.82) is 0 Å². The number of benzene rings is 4. The Labute approximate surface area is 175 Å². The Morgan fingerprint density at radius 1 is 0.448 bits per heavy atom. The average molecular weight is 396 g/mol. The van der Waals surface area contributed by atoms with Crippen LogP contribution >= 0.6 is 7.26 Å². The van der Waals surface area contributed by atoms with Crippen molar-refractivity contribution in [3.8, 4) is 0 Å². The van der Waals surface area contributed by atoms with Crippen LogP contribution in [-0.4, -0.2) is 0 Å². The quantitative estimate of drug-likeness (QED) is 0.394. The van der Waals surface area contributed by atoms with E-state index in [0.29, 0.717) is 0 Å². The maximum atomic E-state index is 2.36. The molecule has 0 N–H and O–H groups in total. The summed E-state index contributed by atoms with van der Waals surface area (Å²) in [7, 11) is -2.04. The van der Waals surface area contributed by atoms with Gasteiger partial charge in [0.1, 0.15) is 28.5 Å². The maximum Gasteiger partial charge on any atom is 0.144 e. The maximum absolute atomic E-state index is 2.36. The van der Waals surface area contributed by atoms with Gasteiger partial charge < -0.3 is 0 Å². The first kappa shape index (κ1) is 19.6. The lowest BCUT2D eigenvalue weighted by atomic mass is 9.87. The fraction of sp³-hybridized carbons (Fsp3) is 0.143. The van der Waals surface area contributed by atoms with Crippen LogP contribution in [0.1, 0.15) is 26.3 Å². The van der Waals surface area contributed by atoms with Gasteiger partial charge in [0, 0.05) is 5.56 Å². The summed E-state index contributed by atoms with van der Waals surface area (Å²) in [6.45, 7) is 6.96. The summed E-state index contributed by atoms with van der Waals surface area (Å²) in [6.07, 6.45) is 0. The van der Waals surface area contributed by atoms with Gasteiger partial charge in [0.05, 0.1) is 0 Å². The molecule has 0 atom stereocenters. The Hall–Kier alpha value is -2.69. The van der Waals surface area contributed by atoms with Crippen LogP contribution in [0.4, 0.5) is 0 Å². The molecule has 0 unspecified atom stereocenters. The topological polar surface area (TPSA) is 0 Å². The highest BCUT2D eigenvalue weighted by Crippen LogP contribution is 2.55. The van der Waals surface area contributed by atoms with Gasteiger partial charge in [-0.2, -0.15) is 0 Å². The lowest BCUT2D eigenvalue weighted by molar-refractivity contribution is 0.594. The van der Waals surface area contributed by atoms with Crippen molar-refractivity contribution in [2.45, 2.75) is 26.2 Å². The van der Waals surface area contributed by atoms with Crippen molar-refractivity contribution in [3.05, 3.63) is 121 Å². The van der Waals surface area contributed by atoms with Crippen LogP contribution in [0, 0.1) is 0 Å². The van der Waals surface area contributed by atoms with Crippen LogP contribution in [0.5, 0.6) is 0 Å². The predicted octanol–water partition coefficient (Wildman–Crippen LogP) is 5.60. The fourth-order valence-electron chi connectivity index (χ4n) is 4.22. The molecule has 0 radical (unpaired) electrons. The monoisotopic (exact) mass is 395 g/mol. The minimum atomic E-state index is -2.04. The zero-order chi connectivity index (χ0) is 20.3. The van der Waals surface area contributed by atoms with Crippen LogP contribution in [0.25, 0.3) is 0 Å². The SMILES string of the molecule is CC(C)(C)c1ccccc1[P+](c1ccccc1)(c1ccccc1)c1ccccc1. The molecule has 4 aromatic rings. The summed E-state index contributed by atoms with van der Waals surface area (Å²) in [4.78, 5) is 0. The molecule has 0 aliphatic heterocycles. The third-order valence-electron chi connectivity index (χ3n) is 5.50. The molecule has 0 aromatic heterocycles. The van der Waals surface area contributed by atoms with Crippen molar-refractivity contribution in [2.24, 2.45) is 0 Å². The minimum absolute atomic E-state index is 0.0557. The molecule has 0 saturated heterocycles. The molecule has 144 valence electrons. The highest BCUT2D eigenvalue weighted by molar-refractivity contribution is 8.01. The molecule has 0 nitrogen and oxygen atoms in total. The van der Waals surface area contributed by atoms with E-state index in [1.165, 1.54) is 26.8 Å². The summed E-state index contributed by atoms with van der Waals surface area (Å²) in [5, 5.41) is 5.65. The van der Waals surface area contributed by atoms with Crippen LogP contribution in [0.15, 0.2) is 115 Å². The molecule has 0 aliphatic carbocycles. The number of rotatable bonds is 4. The van der Waals surface area contributed by atoms with Crippen molar-refractivity contribution >= 4 is 28.5 Å². The summed E-state index contributed by atoms with van der Waals surface area (Å²) >= 11 is 0. The Bertz CT molecular complexity index is 965. The highest BCUT2D eigenvalue weighted by Gasteiger charge is 2.49. The van der Waals surface area contributed by atoms with E-state index in [4.69, 9.17) is 0 Å². The standard InChI is InChI=1S/C28H28P/c1-28(2,3)26-21-13-14-22-27(26)29(23-15-7-4-8-16-23,24-17-9-5-10-18-24)25-19-11-6-12-20-25/h4-22H,1-3H3/q+1. The summed E-state index contributed by atoms with van der Waals surface area (Å²) < 4.78 is 0. The van der Waals surface area contributed by atoms with Gasteiger partial charge in [-0.05, 0) is 47.9 Å². The first-order chi connectivity index (χ1) is 14.0. The molecule has 1 heteroatoms. The van der Waals surface area contributed by atoms with Crippen LogP contribution in [-0.2, 0) is 5.41 Å². The van der Waals surface area contributed by atoms with E-state index in [9.17, 15) is 0 Å². The lowest BCUT2D eigenvalue weighted by Gasteiger charge is -2.32. The molecular weight excluding hydrogens is 367 g/mol. The summed E-state index contributed by atoms with van der Waals surface area (Å²) in [5.74, 6) is 0. The van der Waals surface area contributed by atoms with Gasteiger partial charge in [0.2, 0.25) is 0 Å². The first-order valence-electron chi connectivity index (χ1n) is 10.2. The van der Waals surface area contributed by atoms with E-state index in [2.05, 4.69) is 136 Å². The van der Waals surface area contributed by atoms with E-state index in [1.54, 1.807) is 0 Å². The Morgan fingerprint density at radius 3 is 1.17 bits per heavy atom. The van der Waals surface area contributed by atoms with Crippen LogP contribution in [0.3, 0.4) is 0 Å². The van der Waals surface area contributed by atoms with E-state index in [-0.39, 0.29) is 5.41 Å². The molecule has 0 saturated carbocycles. The zero-order valence-electron chi connectivity index (χ0n) is 17.4. The van der Waals surface area contributed by atoms with Crippen molar-refractivity contribution in [3.63, 3.8) is 0 Å². The third-order valence-corrected chi connectivity index (χ3v) is 9.83. The molecular formula is C28H28P+. The van der Waals surface area contributed by atoms with Gasteiger partial charge >= 0.3 is 0 Å². The van der Waals surface area contributed by atoms with E-state index >= 15 is 0 Å². The van der Waals surface area contributed by atoms with Crippen molar-refractivity contribution < 1.29 is 0 Å². The average Bonchev–Trinajstić information content (AvgIpc) is 2.76. The second-order valence-electron chi connectivity index (χ2n) is 8.44. The Balaban J connectivity index is 2.20.